The number of unbranched alkanes of at least 4 members (excludes halogenated alkanes) is 3. The molecule has 0 aliphatic heterocycles. The molecule has 1 aromatic carbocycles. The van der Waals surface area contributed by atoms with Crippen molar-refractivity contribution in [1.29, 1.82) is 0 Å². The van der Waals surface area contributed by atoms with Crippen molar-refractivity contribution in [3.05, 3.63) is 29.8 Å². The van der Waals surface area contributed by atoms with Gasteiger partial charge in [0.1, 0.15) is 5.60 Å². The highest BCUT2D eigenvalue weighted by Crippen LogP contribution is 2.17. The van der Waals surface area contributed by atoms with Crippen LogP contribution in [0.3, 0.4) is 0 Å². The van der Waals surface area contributed by atoms with Gasteiger partial charge in [0.05, 0.1) is 10.6 Å². The van der Waals surface area contributed by atoms with E-state index in [0.717, 1.165) is 24.8 Å². The minimum Gasteiger partial charge on any atom is -0.444 e. The van der Waals surface area contributed by atoms with Crippen LogP contribution in [-0.2, 0) is 14.6 Å². The van der Waals surface area contributed by atoms with Crippen molar-refractivity contribution in [3.8, 4) is 0 Å². The van der Waals surface area contributed by atoms with E-state index in [1.54, 1.807) is 12.1 Å². The summed E-state index contributed by atoms with van der Waals surface area (Å²) >= 11 is 0. The van der Waals surface area contributed by atoms with Crippen LogP contribution in [0.2, 0.25) is 0 Å². The Morgan fingerprint density at radius 1 is 1.08 bits per heavy atom. The number of carbonyl (C=O) groups excluding carboxylic acids is 1. The molecule has 6 heteroatoms. The van der Waals surface area contributed by atoms with Crippen LogP contribution in [-0.4, -0.2) is 32.4 Å². The predicted octanol–water partition coefficient (Wildman–Crippen LogP) is 3.85. The van der Waals surface area contributed by atoms with Crippen LogP contribution in [0.25, 0.3) is 0 Å². The third-order valence-electron chi connectivity index (χ3n) is 3.44. The molecule has 1 rings (SSSR count). The van der Waals surface area contributed by atoms with Crippen molar-refractivity contribution >= 4 is 15.9 Å². The molecule has 0 saturated heterocycles. The summed E-state index contributed by atoms with van der Waals surface area (Å²) in [5.74, 6) is 0.164. The predicted molar refractivity (Wildman–Crippen MR) is 95.9 cm³/mol. The molecule has 0 atom stereocenters. The Morgan fingerprint density at radius 3 is 2.33 bits per heavy atom. The fraction of sp³-hybridized carbons (Fsp3) is 0.611. The van der Waals surface area contributed by atoms with Crippen LogP contribution in [0.5, 0.6) is 0 Å². The lowest BCUT2D eigenvalue weighted by Crippen LogP contribution is -2.32. The van der Waals surface area contributed by atoms with E-state index >= 15 is 0 Å². The number of rotatable bonds is 8. The Morgan fingerprint density at radius 2 is 1.71 bits per heavy atom. The minimum atomic E-state index is -3.21. The number of amides is 1. The first-order valence-electron chi connectivity index (χ1n) is 8.37. The zero-order valence-electron chi connectivity index (χ0n) is 15.1. The average Bonchev–Trinajstić information content (AvgIpc) is 2.44. The summed E-state index contributed by atoms with van der Waals surface area (Å²) in [7, 11) is -3.21. The zero-order chi connectivity index (χ0) is 18.2. The van der Waals surface area contributed by atoms with Gasteiger partial charge in [-0.1, -0.05) is 31.0 Å². The third-order valence-corrected chi connectivity index (χ3v) is 5.39. The third kappa shape index (κ3) is 7.81. The van der Waals surface area contributed by atoms with Crippen molar-refractivity contribution < 1.29 is 17.9 Å². The van der Waals surface area contributed by atoms with Gasteiger partial charge in [0.15, 0.2) is 9.84 Å². The van der Waals surface area contributed by atoms with Gasteiger partial charge < -0.3 is 10.1 Å². The first kappa shape index (κ1) is 20.5. The summed E-state index contributed by atoms with van der Waals surface area (Å²) in [6.45, 7) is 7.82. The number of ether oxygens (including phenoxy) is 1. The van der Waals surface area contributed by atoms with Crippen molar-refractivity contribution in [2.75, 3.05) is 12.3 Å². The average molecular weight is 356 g/mol. The lowest BCUT2D eigenvalue weighted by Gasteiger charge is -2.19. The fourth-order valence-corrected chi connectivity index (χ4v) is 3.94. The molecule has 0 aromatic heterocycles. The Hall–Kier alpha value is -1.56. The van der Waals surface area contributed by atoms with Gasteiger partial charge in [0.2, 0.25) is 0 Å². The molecular weight excluding hydrogens is 326 g/mol. The topological polar surface area (TPSA) is 72.5 Å². The fourth-order valence-electron chi connectivity index (χ4n) is 2.29. The summed E-state index contributed by atoms with van der Waals surface area (Å²) in [6.07, 6.45) is 2.72. The Balaban J connectivity index is 2.21. The van der Waals surface area contributed by atoms with Crippen molar-refractivity contribution in [1.82, 2.24) is 5.32 Å². The standard InChI is InChI=1S/C18H29NO4S/c1-15-11-7-8-12-16(15)24(21,22)14-10-6-5-9-13-19-17(20)23-18(2,3)4/h7-8,11-12H,5-6,9-10,13-14H2,1-4H3,(H,19,20). The number of sulfone groups is 1. The second-order valence-corrected chi connectivity index (χ2v) is 9.00. The number of hydrogen-bond acceptors (Lipinski definition) is 4. The molecule has 1 aromatic rings. The second-order valence-electron chi connectivity index (χ2n) is 6.93. The van der Waals surface area contributed by atoms with Crippen molar-refractivity contribution in [3.63, 3.8) is 0 Å². The van der Waals surface area contributed by atoms with Crippen LogP contribution < -0.4 is 5.32 Å². The van der Waals surface area contributed by atoms with E-state index in [0.29, 0.717) is 17.9 Å². The number of benzene rings is 1. The van der Waals surface area contributed by atoms with Crippen LogP contribution in [0.4, 0.5) is 4.79 Å². The first-order valence-corrected chi connectivity index (χ1v) is 10.0. The summed E-state index contributed by atoms with van der Waals surface area (Å²) in [4.78, 5) is 11.9. The van der Waals surface area contributed by atoms with Crippen LogP contribution in [0, 0.1) is 6.92 Å². The normalized spacial score (nSPS) is 12.0. The highest BCUT2D eigenvalue weighted by Gasteiger charge is 2.16. The molecular formula is C18H29NO4S. The molecule has 0 aliphatic carbocycles. The molecule has 0 spiro atoms. The molecule has 24 heavy (non-hydrogen) atoms. The van der Waals surface area contributed by atoms with E-state index in [9.17, 15) is 13.2 Å². The molecule has 1 N–H and O–H groups in total. The summed E-state index contributed by atoms with van der Waals surface area (Å²) in [6, 6.07) is 7.07. The maximum atomic E-state index is 12.3. The number of hydrogen-bond donors (Lipinski definition) is 1. The summed E-state index contributed by atoms with van der Waals surface area (Å²) in [5.41, 5.74) is 0.299. The minimum absolute atomic E-state index is 0.164. The van der Waals surface area contributed by atoms with Gasteiger partial charge >= 0.3 is 6.09 Å². The van der Waals surface area contributed by atoms with Gasteiger partial charge in [0, 0.05) is 6.54 Å². The number of nitrogens with one attached hydrogen (secondary N) is 1. The smallest absolute Gasteiger partial charge is 0.407 e. The van der Waals surface area contributed by atoms with E-state index in [2.05, 4.69) is 5.32 Å². The van der Waals surface area contributed by atoms with E-state index in [1.807, 2.05) is 39.8 Å². The highest BCUT2D eigenvalue weighted by atomic mass is 32.2. The van der Waals surface area contributed by atoms with Gasteiger partial charge in [-0.15, -0.1) is 0 Å². The molecule has 0 unspecified atom stereocenters. The van der Waals surface area contributed by atoms with Crippen LogP contribution in [0.15, 0.2) is 29.2 Å². The number of alkyl carbamates (subject to hydrolysis) is 1. The van der Waals surface area contributed by atoms with Gasteiger partial charge in [-0.2, -0.15) is 0 Å². The van der Waals surface area contributed by atoms with E-state index in [-0.39, 0.29) is 5.75 Å². The van der Waals surface area contributed by atoms with E-state index in [1.165, 1.54) is 0 Å². The molecule has 0 fully saturated rings. The highest BCUT2D eigenvalue weighted by molar-refractivity contribution is 7.91. The Labute approximate surface area is 145 Å². The zero-order valence-corrected chi connectivity index (χ0v) is 15.9. The lowest BCUT2D eigenvalue weighted by atomic mass is 10.2. The molecule has 136 valence electrons. The molecule has 1 amide bonds. The quantitative estimate of drug-likeness (QED) is 0.719. The van der Waals surface area contributed by atoms with Gasteiger partial charge in [-0.25, -0.2) is 13.2 Å². The van der Waals surface area contributed by atoms with Gasteiger partial charge in [-0.05, 0) is 52.2 Å². The van der Waals surface area contributed by atoms with Crippen molar-refractivity contribution in [2.45, 2.75) is 63.9 Å². The number of aryl methyl sites for hydroxylation is 1. The Bertz CT molecular complexity index is 633. The molecule has 0 heterocycles. The SMILES string of the molecule is Cc1ccccc1S(=O)(=O)CCCCCCNC(=O)OC(C)(C)C. The second kappa shape index (κ2) is 9.06. The molecule has 0 aliphatic rings. The van der Waals surface area contributed by atoms with E-state index < -0.39 is 21.5 Å². The lowest BCUT2D eigenvalue weighted by molar-refractivity contribution is 0.0527. The molecule has 5 nitrogen and oxygen atoms in total. The molecule has 0 saturated carbocycles. The summed E-state index contributed by atoms with van der Waals surface area (Å²) in [5, 5.41) is 2.70. The maximum Gasteiger partial charge on any atom is 0.407 e. The summed E-state index contributed by atoms with van der Waals surface area (Å²) < 4.78 is 29.7. The molecule has 0 bridgehead atoms. The molecule has 0 radical (unpaired) electrons. The van der Waals surface area contributed by atoms with Gasteiger partial charge in [0.25, 0.3) is 0 Å². The monoisotopic (exact) mass is 355 g/mol. The van der Waals surface area contributed by atoms with Gasteiger partial charge in [-0.3, -0.25) is 0 Å². The largest absolute Gasteiger partial charge is 0.444 e. The van der Waals surface area contributed by atoms with Crippen LogP contribution in [0.1, 0.15) is 52.0 Å². The van der Waals surface area contributed by atoms with E-state index in [4.69, 9.17) is 4.74 Å². The Kier molecular flexibility index (Phi) is 7.73. The first-order chi connectivity index (χ1) is 11.1. The maximum absolute atomic E-state index is 12.3. The number of carbonyl (C=O) groups is 1. The van der Waals surface area contributed by atoms with Crippen LogP contribution >= 0.6 is 0 Å². The van der Waals surface area contributed by atoms with Crippen molar-refractivity contribution in [2.24, 2.45) is 0 Å².